The van der Waals surface area contributed by atoms with Gasteiger partial charge in [-0.2, -0.15) is 0 Å². The molecular weight excluding hydrogens is 349 g/mol. The van der Waals surface area contributed by atoms with Crippen molar-refractivity contribution in [1.29, 1.82) is 0 Å². The minimum atomic E-state index is -0.570. The summed E-state index contributed by atoms with van der Waals surface area (Å²) in [5.74, 6) is -0.697. The lowest BCUT2D eigenvalue weighted by atomic mass is 10.1. The molecule has 3 aromatic rings. The van der Waals surface area contributed by atoms with Crippen LogP contribution in [0.1, 0.15) is 34.7 Å². The number of oxazole rings is 1. The van der Waals surface area contributed by atoms with Crippen molar-refractivity contribution in [3.05, 3.63) is 65.3 Å². The number of hydrogen-bond acceptors (Lipinski definition) is 4. The van der Waals surface area contributed by atoms with Crippen LogP contribution in [0.2, 0.25) is 0 Å². The van der Waals surface area contributed by atoms with Gasteiger partial charge >= 0.3 is 0 Å². The molecule has 0 bridgehead atoms. The number of carbonyl (C=O) groups is 2. The topological polar surface area (TPSA) is 89.4 Å². The van der Waals surface area contributed by atoms with E-state index in [4.69, 9.17) is 10.2 Å². The van der Waals surface area contributed by atoms with Crippen LogP contribution >= 0.6 is 0 Å². The third-order valence-corrected chi connectivity index (χ3v) is 4.82. The van der Waals surface area contributed by atoms with E-state index in [-0.39, 0.29) is 18.1 Å². The zero-order chi connectivity index (χ0) is 19.0. The maximum Gasteiger partial charge on any atom is 0.254 e. The van der Waals surface area contributed by atoms with Crippen LogP contribution in [0.25, 0.3) is 11.1 Å². The van der Waals surface area contributed by atoms with Gasteiger partial charge in [-0.1, -0.05) is 18.2 Å². The molecule has 2 aromatic carbocycles. The summed E-state index contributed by atoms with van der Waals surface area (Å²) in [7, 11) is 0. The van der Waals surface area contributed by atoms with Crippen LogP contribution in [-0.2, 0) is 11.2 Å². The second kappa shape index (κ2) is 6.83. The minimum absolute atomic E-state index is 0.223. The molecule has 1 aliphatic heterocycles. The van der Waals surface area contributed by atoms with Gasteiger partial charge in [-0.15, -0.1) is 0 Å². The molecule has 7 heteroatoms. The molecule has 2 heterocycles. The Kier molecular flexibility index (Phi) is 4.35. The molecule has 2 amide bonds. The number of hydrogen-bond donors (Lipinski definition) is 1. The van der Waals surface area contributed by atoms with Crippen molar-refractivity contribution in [1.82, 2.24) is 9.88 Å². The maximum atomic E-state index is 13.8. The van der Waals surface area contributed by atoms with Crippen molar-refractivity contribution < 1.29 is 18.4 Å². The lowest BCUT2D eigenvalue weighted by Gasteiger charge is -2.22. The molecule has 0 saturated carbocycles. The zero-order valence-electron chi connectivity index (χ0n) is 14.5. The smallest absolute Gasteiger partial charge is 0.254 e. The summed E-state index contributed by atoms with van der Waals surface area (Å²) in [6.45, 7) is 0.499. The second-order valence-electron chi connectivity index (χ2n) is 6.62. The van der Waals surface area contributed by atoms with E-state index >= 15 is 0 Å². The fourth-order valence-electron chi connectivity index (χ4n) is 3.46. The number of fused-ring (bicyclic) bond motifs is 1. The van der Waals surface area contributed by atoms with Crippen molar-refractivity contribution in [3.63, 3.8) is 0 Å². The molecule has 4 rings (SSSR count). The summed E-state index contributed by atoms with van der Waals surface area (Å²) < 4.78 is 19.5. The molecule has 1 fully saturated rings. The van der Waals surface area contributed by atoms with E-state index < -0.39 is 11.9 Å². The van der Waals surface area contributed by atoms with Gasteiger partial charge in [-0.3, -0.25) is 9.59 Å². The summed E-state index contributed by atoms with van der Waals surface area (Å²) in [6, 6.07) is 10.8. The predicted octanol–water partition coefficient (Wildman–Crippen LogP) is 2.65. The molecule has 1 atom stereocenters. The Morgan fingerprint density at radius 2 is 2.07 bits per heavy atom. The van der Waals surface area contributed by atoms with Crippen LogP contribution in [0.5, 0.6) is 0 Å². The van der Waals surface area contributed by atoms with Gasteiger partial charge in [0.1, 0.15) is 17.4 Å². The Morgan fingerprint density at radius 1 is 1.26 bits per heavy atom. The van der Waals surface area contributed by atoms with E-state index in [0.717, 1.165) is 6.42 Å². The Balaban J connectivity index is 1.60. The first-order valence-electron chi connectivity index (χ1n) is 8.76. The number of rotatable bonds is 4. The highest BCUT2D eigenvalue weighted by atomic mass is 19.1. The molecule has 1 aliphatic rings. The first kappa shape index (κ1) is 17.2. The maximum absolute atomic E-state index is 13.8. The van der Waals surface area contributed by atoms with E-state index in [1.807, 2.05) is 0 Å². The number of nitrogens with two attached hydrogens (primary N) is 1. The molecule has 27 heavy (non-hydrogen) atoms. The van der Waals surface area contributed by atoms with E-state index in [0.29, 0.717) is 41.1 Å². The fourth-order valence-corrected chi connectivity index (χ4v) is 3.46. The van der Waals surface area contributed by atoms with Crippen molar-refractivity contribution in [3.8, 4) is 0 Å². The quantitative estimate of drug-likeness (QED) is 0.768. The first-order valence-corrected chi connectivity index (χ1v) is 8.76. The lowest BCUT2D eigenvalue weighted by molar-refractivity contribution is -0.121. The summed E-state index contributed by atoms with van der Waals surface area (Å²) in [5.41, 5.74) is 7.32. The van der Waals surface area contributed by atoms with Gasteiger partial charge in [0.15, 0.2) is 11.5 Å². The molecule has 0 aliphatic carbocycles. The third kappa shape index (κ3) is 3.28. The number of nitrogens with zero attached hydrogens (tertiary/aromatic N) is 2. The number of amides is 2. The van der Waals surface area contributed by atoms with E-state index in [1.165, 1.54) is 11.0 Å². The molecule has 0 radical (unpaired) electrons. The number of carbonyl (C=O) groups excluding carboxylic acids is 2. The van der Waals surface area contributed by atoms with Crippen molar-refractivity contribution in [2.45, 2.75) is 25.3 Å². The Morgan fingerprint density at radius 3 is 2.85 bits per heavy atom. The van der Waals surface area contributed by atoms with Crippen molar-refractivity contribution in [2.24, 2.45) is 5.73 Å². The van der Waals surface area contributed by atoms with E-state index in [1.54, 1.807) is 36.4 Å². The molecule has 2 N–H and O–H groups in total. The van der Waals surface area contributed by atoms with Crippen LogP contribution in [0.3, 0.4) is 0 Å². The van der Waals surface area contributed by atoms with Gasteiger partial charge in [0.25, 0.3) is 5.91 Å². The largest absolute Gasteiger partial charge is 0.440 e. The molecule has 6 nitrogen and oxygen atoms in total. The van der Waals surface area contributed by atoms with Gasteiger partial charge in [-0.05, 0) is 42.7 Å². The number of likely N-dealkylation sites (tertiary alicyclic amines) is 1. The fraction of sp³-hybridized carbons (Fsp3) is 0.250. The normalized spacial score (nSPS) is 16.8. The van der Waals surface area contributed by atoms with E-state index in [9.17, 15) is 14.0 Å². The van der Waals surface area contributed by atoms with E-state index in [2.05, 4.69) is 4.98 Å². The van der Waals surface area contributed by atoms with Crippen molar-refractivity contribution in [2.75, 3.05) is 6.54 Å². The Bertz CT molecular complexity index is 1030. The zero-order valence-corrected chi connectivity index (χ0v) is 14.5. The highest BCUT2D eigenvalue weighted by Gasteiger charge is 2.33. The van der Waals surface area contributed by atoms with Gasteiger partial charge in [0.2, 0.25) is 5.91 Å². The number of aromatic nitrogens is 1. The van der Waals surface area contributed by atoms with Crippen LogP contribution in [-0.4, -0.2) is 34.3 Å². The van der Waals surface area contributed by atoms with Crippen LogP contribution in [0.15, 0.2) is 46.9 Å². The molecule has 138 valence electrons. The molecular formula is C20H18FN3O3. The average molecular weight is 367 g/mol. The summed E-state index contributed by atoms with van der Waals surface area (Å²) in [5, 5.41) is 0. The third-order valence-electron chi connectivity index (χ3n) is 4.82. The number of halogens is 1. The standard InChI is InChI=1S/C20H18FN3O3/c21-14-5-2-1-4-12(14)11-18-23-15-8-7-13(10-17(15)27-18)20(26)24-9-3-6-16(24)19(22)25/h1-2,4-5,7-8,10,16H,3,6,9,11H2,(H2,22,25)/t16-/m0/s1. The van der Waals surface area contributed by atoms with Crippen LogP contribution in [0.4, 0.5) is 4.39 Å². The second-order valence-corrected chi connectivity index (χ2v) is 6.62. The number of primary amides is 1. The van der Waals surface area contributed by atoms with Gasteiger partial charge in [-0.25, -0.2) is 9.37 Å². The van der Waals surface area contributed by atoms with Crippen molar-refractivity contribution >= 4 is 22.9 Å². The summed E-state index contributed by atoms with van der Waals surface area (Å²) >= 11 is 0. The molecule has 0 unspecified atom stereocenters. The first-order chi connectivity index (χ1) is 13.0. The highest BCUT2D eigenvalue weighted by Crippen LogP contribution is 2.24. The molecule has 1 saturated heterocycles. The SMILES string of the molecule is NC(=O)[C@@H]1CCCN1C(=O)c1ccc2nc(Cc3ccccc3F)oc2c1. The van der Waals surface area contributed by atoms with Gasteiger partial charge < -0.3 is 15.1 Å². The van der Waals surface area contributed by atoms with Gasteiger partial charge in [0, 0.05) is 12.1 Å². The Labute approximate surface area is 154 Å². The van der Waals surface area contributed by atoms with Crippen LogP contribution < -0.4 is 5.73 Å². The number of benzene rings is 2. The van der Waals surface area contributed by atoms with Gasteiger partial charge in [0.05, 0.1) is 6.42 Å². The summed E-state index contributed by atoms with van der Waals surface area (Å²) in [4.78, 5) is 30.1. The lowest BCUT2D eigenvalue weighted by Crippen LogP contribution is -2.43. The molecule has 0 spiro atoms. The average Bonchev–Trinajstić information content (AvgIpc) is 3.28. The van der Waals surface area contributed by atoms with Crippen LogP contribution in [0, 0.1) is 5.82 Å². The highest BCUT2D eigenvalue weighted by molar-refractivity contribution is 5.99. The summed E-state index contributed by atoms with van der Waals surface area (Å²) in [6.07, 6.45) is 1.55. The minimum Gasteiger partial charge on any atom is -0.440 e. The molecule has 1 aromatic heterocycles. The monoisotopic (exact) mass is 367 g/mol. The Hall–Kier alpha value is -3.22. The predicted molar refractivity (Wildman–Crippen MR) is 96.5 cm³/mol.